The highest BCUT2D eigenvalue weighted by atomic mass is 32.2. The van der Waals surface area contributed by atoms with Gasteiger partial charge in [0, 0.05) is 64.9 Å². The molecule has 28 heavy (non-hydrogen) atoms. The molecule has 1 aromatic heterocycles. The summed E-state index contributed by atoms with van der Waals surface area (Å²) in [4.78, 5) is 13.2. The van der Waals surface area contributed by atoms with E-state index in [4.69, 9.17) is 14.2 Å². The Kier molecular flexibility index (Phi) is 4.95. The first-order valence-corrected chi connectivity index (χ1v) is 10.4. The smallest absolute Gasteiger partial charge is 0.258 e. The van der Waals surface area contributed by atoms with Crippen LogP contribution in [0.25, 0.3) is 21.9 Å². The van der Waals surface area contributed by atoms with Crippen molar-refractivity contribution in [3.8, 4) is 22.6 Å². The molecule has 0 radical (unpaired) electrons. The number of ether oxygens (including phenoxy) is 3. The zero-order chi connectivity index (χ0) is 19.8. The van der Waals surface area contributed by atoms with Crippen molar-refractivity contribution in [2.45, 2.75) is 11.0 Å². The van der Waals surface area contributed by atoms with Gasteiger partial charge in [-0.2, -0.15) is 0 Å². The van der Waals surface area contributed by atoms with E-state index in [2.05, 4.69) is 0 Å². The molecule has 2 heterocycles. The van der Waals surface area contributed by atoms with E-state index in [9.17, 15) is 9.00 Å². The second-order valence-corrected chi connectivity index (χ2v) is 8.14. The summed E-state index contributed by atoms with van der Waals surface area (Å²) in [6.07, 6.45) is 3.17. The molecule has 4 rings (SSSR count). The quantitative estimate of drug-likeness (QED) is 0.675. The number of aromatic nitrogens is 1. The van der Waals surface area contributed by atoms with Crippen molar-refractivity contribution in [2.24, 2.45) is 7.05 Å². The Labute approximate surface area is 165 Å². The van der Waals surface area contributed by atoms with Gasteiger partial charge in [-0.25, -0.2) is 0 Å². The molecule has 146 valence electrons. The molecule has 0 aliphatic carbocycles. The maximum atomic E-state index is 12.6. The maximum absolute atomic E-state index is 12.6. The zero-order valence-corrected chi connectivity index (χ0v) is 16.7. The second-order valence-electron chi connectivity index (χ2n) is 6.76. The average molecular weight is 399 g/mol. The van der Waals surface area contributed by atoms with E-state index in [-0.39, 0.29) is 11.7 Å². The van der Waals surface area contributed by atoms with Crippen LogP contribution in [-0.4, -0.2) is 41.5 Å². The van der Waals surface area contributed by atoms with Crippen LogP contribution in [0.15, 0.2) is 52.3 Å². The number of benzene rings is 2. The number of rotatable bonds is 4. The van der Waals surface area contributed by atoms with Crippen molar-refractivity contribution in [3.05, 3.63) is 52.9 Å². The van der Waals surface area contributed by atoms with Crippen molar-refractivity contribution < 1.29 is 18.4 Å². The fraction of sp³-hybridized carbons (Fsp3) is 0.286. The van der Waals surface area contributed by atoms with Crippen LogP contribution in [0.1, 0.15) is 0 Å². The highest BCUT2D eigenvalue weighted by Gasteiger charge is 2.27. The summed E-state index contributed by atoms with van der Waals surface area (Å²) in [6, 6.07) is 11.0. The zero-order valence-electron chi connectivity index (χ0n) is 15.9. The first kappa shape index (κ1) is 18.7. The lowest BCUT2D eigenvalue weighted by Crippen LogP contribution is -2.33. The lowest BCUT2D eigenvalue weighted by molar-refractivity contribution is 0.0275. The van der Waals surface area contributed by atoms with Crippen LogP contribution in [0.5, 0.6) is 11.5 Å². The van der Waals surface area contributed by atoms with Crippen LogP contribution in [0.2, 0.25) is 0 Å². The highest BCUT2D eigenvalue weighted by Crippen LogP contribution is 2.44. The molecule has 0 N–H and O–H groups in total. The van der Waals surface area contributed by atoms with Crippen LogP contribution in [0.4, 0.5) is 0 Å². The molecule has 0 spiro atoms. The Hall–Kier alpha value is -2.64. The molecule has 0 fully saturated rings. The van der Waals surface area contributed by atoms with Crippen LogP contribution in [0, 0.1) is 0 Å². The summed E-state index contributed by atoms with van der Waals surface area (Å²) in [5.41, 5.74) is 1.50. The topological polar surface area (TPSA) is 66.8 Å². The summed E-state index contributed by atoms with van der Waals surface area (Å²) in [7, 11) is 2.14. The van der Waals surface area contributed by atoms with Gasteiger partial charge in [-0.05, 0) is 17.5 Å². The number of aryl methyl sites for hydroxylation is 1. The van der Waals surface area contributed by atoms with Gasteiger partial charge in [0.15, 0.2) is 17.6 Å². The molecular formula is C21H21NO5S. The number of methoxy groups -OCH3 is 1. The minimum absolute atomic E-state index is 0.0714. The Morgan fingerprint density at radius 2 is 1.96 bits per heavy atom. The average Bonchev–Trinajstić information content (AvgIpc) is 2.70. The molecule has 0 saturated carbocycles. The fourth-order valence-electron chi connectivity index (χ4n) is 3.45. The van der Waals surface area contributed by atoms with Gasteiger partial charge >= 0.3 is 0 Å². The number of fused-ring (bicyclic) bond motifs is 2. The van der Waals surface area contributed by atoms with Gasteiger partial charge in [0.1, 0.15) is 6.61 Å². The van der Waals surface area contributed by atoms with Gasteiger partial charge < -0.3 is 18.8 Å². The van der Waals surface area contributed by atoms with Crippen LogP contribution < -0.4 is 15.0 Å². The van der Waals surface area contributed by atoms with Gasteiger partial charge in [0.05, 0.1) is 6.61 Å². The third kappa shape index (κ3) is 3.21. The van der Waals surface area contributed by atoms with Gasteiger partial charge in [-0.1, -0.05) is 18.2 Å². The van der Waals surface area contributed by atoms with Gasteiger partial charge in [-0.3, -0.25) is 9.00 Å². The normalized spacial score (nSPS) is 16.9. The van der Waals surface area contributed by atoms with E-state index in [1.807, 2.05) is 24.3 Å². The fourth-order valence-corrected chi connectivity index (χ4v) is 4.01. The lowest BCUT2D eigenvalue weighted by Gasteiger charge is -2.28. The van der Waals surface area contributed by atoms with Crippen LogP contribution in [-0.2, 0) is 22.6 Å². The third-order valence-corrected chi connectivity index (χ3v) is 5.70. The number of hydrogen-bond donors (Lipinski definition) is 0. The molecule has 0 saturated heterocycles. The summed E-state index contributed by atoms with van der Waals surface area (Å²) in [5, 5.41) is 1.42. The Balaban J connectivity index is 2.01. The summed E-state index contributed by atoms with van der Waals surface area (Å²) in [5.74, 6) is 1.12. The van der Waals surface area contributed by atoms with E-state index in [1.54, 1.807) is 43.3 Å². The molecule has 2 unspecified atom stereocenters. The van der Waals surface area contributed by atoms with Crippen molar-refractivity contribution in [1.82, 2.24) is 4.57 Å². The Morgan fingerprint density at radius 3 is 2.68 bits per heavy atom. The Bertz CT molecular complexity index is 1140. The van der Waals surface area contributed by atoms with Crippen LogP contribution in [0.3, 0.4) is 0 Å². The SMILES string of the molecule is COCC1COc2cc(S(C)=O)cc(-c3cn(C)c(=O)c4ccccc34)c2O1. The predicted octanol–water partition coefficient (Wildman–Crippen LogP) is 2.73. The Morgan fingerprint density at radius 1 is 1.21 bits per heavy atom. The number of nitrogens with zero attached hydrogens (tertiary/aromatic N) is 1. The molecule has 2 aromatic carbocycles. The summed E-state index contributed by atoms with van der Waals surface area (Å²) in [6.45, 7) is 0.752. The van der Waals surface area contributed by atoms with Gasteiger partial charge in [0.25, 0.3) is 5.56 Å². The number of pyridine rings is 1. The minimum atomic E-state index is -1.20. The second kappa shape index (κ2) is 7.41. The van der Waals surface area contributed by atoms with E-state index >= 15 is 0 Å². The molecule has 0 amide bonds. The summed E-state index contributed by atoms with van der Waals surface area (Å²) < 4.78 is 31.0. The molecule has 0 bridgehead atoms. The van der Waals surface area contributed by atoms with Crippen molar-refractivity contribution in [3.63, 3.8) is 0 Å². The molecule has 3 aromatic rings. The van der Waals surface area contributed by atoms with Crippen LogP contribution >= 0.6 is 0 Å². The molecule has 6 nitrogen and oxygen atoms in total. The van der Waals surface area contributed by atoms with E-state index in [0.717, 1.165) is 16.5 Å². The standard InChI is InChI=1S/C21H21NO5S/c1-22-10-18(15-6-4-5-7-16(15)21(22)23)17-8-14(28(3)24)9-19-20(17)27-13(11-25-2)12-26-19/h4-10,13H,11-12H2,1-3H3. The first-order valence-electron chi connectivity index (χ1n) is 8.88. The molecule has 2 atom stereocenters. The number of hydrogen-bond acceptors (Lipinski definition) is 5. The van der Waals surface area contributed by atoms with Gasteiger partial charge in [-0.15, -0.1) is 0 Å². The van der Waals surface area contributed by atoms with Crippen molar-refractivity contribution in [1.29, 1.82) is 0 Å². The third-order valence-electron chi connectivity index (χ3n) is 4.80. The monoisotopic (exact) mass is 399 g/mol. The van der Waals surface area contributed by atoms with Crippen molar-refractivity contribution in [2.75, 3.05) is 26.6 Å². The molecular weight excluding hydrogens is 378 g/mol. The molecule has 1 aliphatic rings. The first-order chi connectivity index (χ1) is 13.5. The highest BCUT2D eigenvalue weighted by molar-refractivity contribution is 7.84. The van der Waals surface area contributed by atoms with E-state index in [1.165, 1.54) is 0 Å². The van der Waals surface area contributed by atoms with Crippen molar-refractivity contribution >= 4 is 21.6 Å². The minimum Gasteiger partial charge on any atom is -0.486 e. The largest absolute Gasteiger partial charge is 0.486 e. The van der Waals surface area contributed by atoms with E-state index in [0.29, 0.717) is 35.0 Å². The predicted molar refractivity (Wildman–Crippen MR) is 109 cm³/mol. The molecule has 7 heteroatoms. The maximum Gasteiger partial charge on any atom is 0.258 e. The summed E-state index contributed by atoms with van der Waals surface area (Å²) >= 11 is 0. The van der Waals surface area contributed by atoms with Gasteiger partial charge in [0.2, 0.25) is 0 Å². The van der Waals surface area contributed by atoms with E-state index < -0.39 is 10.8 Å². The molecule has 1 aliphatic heterocycles. The lowest BCUT2D eigenvalue weighted by atomic mass is 9.99.